The molecule has 0 spiro atoms. The van der Waals surface area contributed by atoms with Gasteiger partial charge >= 0.3 is 5.97 Å². The fourth-order valence-corrected chi connectivity index (χ4v) is 2.54. The zero-order valence-corrected chi connectivity index (χ0v) is 10.3. The second-order valence-corrected chi connectivity index (χ2v) is 5.81. The molecule has 0 saturated heterocycles. The Bertz CT molecular complexity index is 304. The Morgan fingerprint density at radius 2 is 2.25 bits per heavy atom. The fourth-order valence-electron chi connectivity index (χ4n) is 2.54. The molecule has 3 heteroatoms. The summed E-state index contributed by atoms with van der Waals surface area (Å²) < 4.78 is 5.25. The van der Waals surface area contributed by atoms with E-state index in [1.807, 2.05) is 20.8 Å². The lowest BCUT2D eigenvalue weighted by molar-refractivity contribution is -0.154. The van der Waals surface area contributed by atoms with Crippen molar-refractivity contribution >= 4 is 5.97 Å². The van der Waals surface area contributed by atoms with E-state index in [1.165, 1.54) is 12.8 Å². The van der Waals surface area contributed by atoms with E-state index < -0.39 is 0 Å². The van der Waals surface area contributed by atoms with Gasteiger partial charge in [-0.05, 0) is 45.4 Å². The maximum absolute atomic E-state index is 11.5. The Hall–Kier alpha value is -0.830. The number of hydrogen-bond donors (Lipinski definition) is 1. The van der Waals surface area contributed by atoms with E-state index in [-0.39, 0.29) is 11.6 Å². The normalized spacial score (nSPS) is 32.1. The summed E-state index contributed by atoms with van der Waals surface area (Å²) in [6, 6.07) is 0.483. The summed E-state index contributed by atoms with van der Waals surface area (Å²) in [6.07, 6.45) is 6.95. The molecule has 2 aliphatic carbocycles. The Morgan fingerprint density at radius 3 is 2.88 bits per heavy atom. The molecular formula is C13H21NO2. The van der Waals surface area contributed by atoms with Crippen LogP contribution in [0.25, 0.3) is 0 Å². The molecule has 1 fully saturated rings. The molecule has 2 aliphatic rings. The van der Waals surface area contributed by atoms with Crippen molar-refractivity contribution in [2.24, 2.45) is 11.8 Å². The molecule has 16 heavy (non-hydrogen) atoms. The molecule has 0 bridgehead atoms. The van der Waals surface area contributed by atoms with Crippen LogP contribution in [0.2, 0.25) is 0 Å². The lowest BCUT2D eigenvalue weighted by Crippen LogP contribution is -2.50. The zero-order chi connectivity index (χ0) is 11.8. The fraction of sp³-hybridized carbons (Fsp3) is 0.769. The summed E-state index contributed by atoms with van der Waals surface area (Å²) in [5.74, 6) is 1.33. The summed E-state index contributed by atoms with van der Waals surface area (Å²) in [7, 11) is 0. The Balaban J connectivity index is 1.68. The highest BCUT2D eigenvalue weighted by Crippen LogP contribution is 2.42. The van der Waals surface area contributed by atoms with Gasteiger partial charge in [0, 0.05) is 6.04 Å². The number of allylic oxidation sites excluding steroid dienone is 1. The van der Waals surface area contributed by atoms with Crippen molar-refractivity contribution < 1.29 is 9.53 Å². The van der Waals surface area contributed by atoms with Gasteiger partial charge in [-0.1, -0.05) is 12.2 Å². The molecule has 0 aromatic heterocycles. The van der Waals surface area contributed by atoms with Crippen LogP contribution in [0.1, 0.15) is 33.6 Å². The van der Waals surface area contributed by atoms with E-state index in [1.54, 1.807) is 0 Å². The largest absolute Gasteiger partial charge is 0.459 e. The third-order valence-electron chi connectivity index (χ3n) is 3.29. The molecule has 3 atom stereocenters. The van der Waals surface area contributed by atoms with Crippen molar-refractivity contribution in [3.8, 4) is 0 Å². The van der Waals surface area contributed by atoms with Crippen LogP contribution in [0, 0.1) is 11.8 Å². The van der Waals surface area contributed by atoms with E-state index in [0.717, 1.165) is 5.92 Å². The average molecular weight is 223 g/mol. The molecule has 0 radical (unpaired) electrons. The number of hydrogen-bond acceptors (Lipinski definition) is 3. The third-order valence-corrected chi connectivity index (χ3v) is 3.29. The molecule has 0 amide bonds. The molecule has 0 aliphatic heterocycles. The molecule has 3 nitrogen and oxygen atoms in total. The highest BCUT2D eigenvalue weighted by molar-refractivity contribution is 5.72. The number of ether oxygens (including phenoxy) is 1. The molecule has 0 heterocycles. The molecule has 90 valence electrons. The van der Waals surface area contributed by atoms with E-state index in [4.69, 9.17) is 4.74 Å². The first kappa shape index (κ1) is 11.6. The van der Waals surface area contributed by atoms with Crippen molar-refractivity contribution in [2.45, 2.75) is 45.3 Å². The summed E-state index contributed by atoms with van der Waals surface area (Å²) in [5, 5.41) is 3.29. The minimum Gasteiger partial charge on any atom is -0.459 e. The van der Waals surface area contributed by atoms with Gasteiger partial charge in [-0.25, -0.2) is 0 Å². The highest BCUT2D eigenvalue weighted by atomic mass is 16.6. The smallest absolute Gasteiger partial charge is 0.320 e. The van der Waals surface area contributed by atoms with Crippen molar-refractivity contribution in [2.75, 3.05) is 6.54 Å². The Morgan fingerprint density at radius 1 is 1.50 bits per heavy atom. The minimum atomic E-state index is -0.381. The maximum Gasteiger partial charge on any atom is 0.320 e. The van der Waals surface area contributed by atoms with Gasteiger partial charge in [0.2, 0.25) is 0 Å². The van der Waals surface area contributed by atoms with Crippen LogP contribution in [0.5, 0.6) is 0 Å². The van der Waals surface area contributed by atoms with E-state index in [0.29, 0.717) is 18.5 Å². The van der Waals surface area contributed by atoms with E-state index in [2.05, 4.69) is 17.5 Å². The van der Waals surface area contributed by atoms with E-state index in [9.17, 15) is 4.79 Å². The van der Waals surface area contributed by atoms with Crippen molar-refractivity contribution in [1.29, 1.82) is 0 Å². The summed E-state index contributed by atoms with van der Waals surface area (Å²) in [5.41, 5.74) is -0.381. The number of rotatable bonds is 3. The van der Waals surface area contributed by atoms with Crippen molar-refractivity contribution in [3.05, 3.63) is 12.2 Å². The lowest BCUT2D eigenvalue weighted by Gasteiger charge is -2.40. The van der Waals surface area contributed by atoms with Crippen molar-refractivity contribution in [1.82, 2.24) is 5.32 Å². The lowest BCUT2D eigenvalue weighted by atomic mass is 9.71. The maximum atomic E-state index is 11.5. The summed E-state index contributed by atoms with van der Waals surface area (Å²) >= 11 is 0. The van der Waals surface area contributed by atoms with Gasteiger partial charge in [-0.3, -0.25) is 4.79 Å². The molecular weight excluding hydrogens is 202 g/mol. The molecule has 0 aromatic rings. The number of fused-ring (bicyclic) bond motifs is 1. The quantitative estimate of drug-likeness (QED) is 0.586. The first-order chi connectivity index (χ1) is 7.46. The first-order valence-corrected chi connectivity index (χ1v) is 6.07. The summed E-state index contributed by atoms with van der Waals surface area (Å²) in [4.78, 5) is 11.5. The standard InChI is InChI=1S/C13H21NO2/c1-13(2,3)16-12(15)8-14-11-7-9-5-4-6-10(9)11/h4,6,9-11,14H,5,7-8H2,1-3H3. The van der Waals surface area contributed by atoms with Crippen molar-refractivity contribution in [3.63, 3.8) is 0 Å². The first-order valence-electron chi connectivity index (χ1n) is 6.07. The van der Waals surface area contributed by atoms with Crippen LogP contribution in [-0.2, 0) is 9.53 Å². The topological polar surface area (TPSA) is 38.3 Å². The highest BCUT2D eigenvalue weighted by Gasteiger charge is 2.40. The van der Waals surface area contributed by atoms with Crippen LogP contribution in [-0.4, -0.2) is 24.2 Å². The van der Waals surface area contributed by atoms with Crippen LogP contribution in [0.15, 0.2) is 12.2 Å². The Kier molecular flexibility index (Phi) is 3.06. The Labute approximate surface area is 97.2 Å². The molecule has 1 N–H and O–H groups in total. The molecule has 0 aromatic carbocycles. The minimum absolute atomic E-state index is 0.155. The number of carbonyl (C=O) groups is 1. The third kappa shape index (κ3) is 2.64. The van der Waals surface area contributed by atoms with E-state index >= 15 is 0 Å². The SMILES string of the molecule is CC(C)(C)OC(=O)CNC1CC2CC=CC21. The molecule has 1 saturated carbocycles. The van der Waals surface area contributed by atoms with Gasteiger partial charge in [-0.15, -0.1) is 0 Å². The summed E-state index contributed by atoms with van der Waals surface area (Å²) in [6.45, 7) is 6.01. The van der Waals surface area contributed by atoms with Gasteiger partial charge in [0.1, 0.15) is 5.60 Å². The van der Waals surface area contributed by atoms with Gasteiger partial charge < -0.3 is 10.1 Å². The second kappa shape index (κ2) is 4.21. The van der Waals surface area contributed by atoms with Gasteiger partial charge in [0.15, 0.2) is 0 Å². The van der Waals surface area contributed by atoms with Crippen LogP contribution in [0.4, 0.5) is 0 Å². The molecule has 2 rings (SSSR count). The second-order valence-electron chi connectivity index (χ2n) is 5.81. The number of esters is 1. The zero-order valence-electron chi connectivity index (χ0n) is 10.3. The van der Waals surface area contributed by atoms with Crippen LogP contribution < -0.4 is 5.32 Å². The van der Waals surface area contributed by atoms with Crippen LogP contribution >= 0.6 is 0 Å². The number of carbonyl (C=O) groups excluding carboxylic acids is 1. The van der Waals surface area contributed by atoms with Gasteiger partial charge in [0.25, 0.3) is 0 Å². The van der Waals surface area contributed by atoms with Gasteiger partial charge in [0.05, 0.1) is 6.54 Å². The predicted molar refractivity (Wildman–Crippen MR) is 63.0 cm³/mol. The average Bonchev–Trinajstić information content (AvgIpc) is 2.44. The predicted octanol–water partition coefficient (Wildman–Crippen LogP) is 1.88. The van der Waals surface area contributed by atoms with Gasteiger partial charge in [-0.2, -0.15) is 0 Å². The monoisotopic (exact) mass is 223 g/mol. The molecule has 3 unspecified atom stereocenters. The number of nitrogens with one attached hydrogen (secondary N) is 1. The van der Waals surface area contributed by atoms with Crippen LogP contribution in [0.3, 0.4) is 0 Å².